The Morgan fingerprint density at radius 2 is 1.69 bits per heavy atom. The van der Waals surface area contributed by atoms with Gasteiger partial charge in [0.05, 0.1) is 5.92 Å². The first-order valence-electron chi connectivity index (χ1n) is 6.27. The van der Waals surface area contributed by atoms with Gasteiger partial charge in [-0.25, -0.2) is 0 Å². The van der Waals surface area contributed by atoms with Crippen molar-refractivity contribution in [2.24, 2.45) is 23.5 Å². The summed E-state index contributed by atoms with van der Waals surface area (Å²) in [5, 5.41) is 0. The first-order chi connectivity index (χ1) is 7.31. The lowest BCUT2D eigenvalue weighted by atomic mass is 9.93. The molecule has 0 aliphatic heterocycles. The normalized spacial score (nSPS) is 15.3. The molecule has 0 fully saturated rings. The van der Waals surface area contributed by atoms with Crippen LogP contribution in [0.5, 0.6) is 0 Å². The van der Waals surface area contributed by atoms with Crippen molar-refractivity contribution in [2.75, 3.05) is 13.6 Å². The number of nitrogens with zero attached hydrogens (tertiary/aromatic N) is 1. The molecule has 0 aliphatic rings. The number of hydrogen-bond donors (Lipinski definition) is 1. The molecule has 0 bridgehead atoms. The Morgan fingerprint density at radius 1 is 1.19 bits per heavy atom. The van der Waals surface area contributed by atoms with Crippen LogP contribution in [0.25, 0.3) is 0 Å². The molecule has 0 aromatic rings. The van der Waals surface area contributed by atoms with E-state index in [1.807, 2.05) is 11.9 Å². The van der Waals surface area contributed by atoms with Gasteiger partial charge in [-0.05, 0) is 25.2 Å². The van der Waals surface area contributed by atoms with Gasteiger partial charge in [0.2, 0.25) is 5.91 Å². The number of carbonyl (C=O) groups excluding carboxylic acids is 1. The maximum atomic E-state index is 12.2. The molecule has 1 amide bonds. The molecule has 0 rings (SSSR count). The fraction of sp³-hybridized carbons (Fsp3) is 0.923. The average Bonchev–Trinajstić information content (AvgIpc) is 2.15. The van der Waals surface area contributed by atoms with E-state index in [0.29, 0.717) is 24.4 Å². The van der Waals surface area contributed by atoms with E-state index in [9.17, 15) is 4.79 Å². The minimum absolute atomic E-state index is 0.0420. The Kier molecular flexibility index (Phi) is 6.65. The molecule has 0 aromatic heterocycles. The Hall–Kier alpha value is -0.570. The van der Waals surface area contributed by atoms with Crippen LogP contribution in [0.3, 0.4) is 0 Å². The average molecular weight is 228 g/mol. The number of nitrogens with two attached hydrogens (primary N) is 1. The summed E-state index contributed by atoms with van der Waals surface area (Å²) in [6.45, 7) is 11.0. The second-order valence-electron chi connectivity index (χ2n) is 5.51. The van der Waals surface area contributed by atoms with Crippen LogP contribution >= 0.6 is 0 Å². The molecule has 0 heterocycles. The van der Waals surface area contributed by atoms with Gasteiger partial charge < -0.3 is 10.6 Å². The van der Waals surface area contributed by atoms with Crippen LogP contribution in [0.2, 0.25) is 0 Å². The Balaban J connectivity index is 4.46. The topological polar surface area (TPSA) is 46.3 Å². The summed E-state index contributed by atoms with van der Waals surface area (Å²) in [5.41, 5.74) is 5.67. The highest BCUT2D eigenvalue weighted by atomic mass is 16.2. The van der Waals surface area contributed by atoms with Gasteiger partial charge in [0.1, 0.15) is 0 Å². The van der Waals surface area contributed by atoms with Crippen molar-refractivity contribution >= 4 is 5.91 Å². The maximum Gasteiger partial charge on any atom is 0.227 e. The van der Waals surface area contributed by atoms with Crippen molar-refractivity contribution in [1.82, 2.24) is 4.90 Å². The monoisotopic (exact) mass is 228 g/mol. The van der Waals surface area contributed by atoms with E-state index in [1.165, 1.54) is 0 Å². The van der Waals surface area contributed by atoms with Crippen molar-refractivity contribution < 1.29 is 4.79 Å². The summed E-state index contributed by atoms with van der Waals surface area (Å²) >= 11 is 0. The fourth-order valence-corrected chi connectivity index (χ4v) is 1.98. The van der Waals surface area contributed by atoms with E-state index < -0.39 is 0 Å². The zero-order valence-electron chi connectivity index (χ0n) is 11.7. The summed E-state index contributed by atoms with van der Waals surface area (Å²) in [7, 11) is 1.89. The third-order valence-corrected chi connectivity index (χ3v) is 3.20. The molecule has 0 saturated heterocycles. The summed E-state index contributed by atoms with van der Waals surface area (Å²) in [6.07, 6.45) is 1.04. The lowest BCUT2D eigenvalue weighted by molar-refractivity contribution is -0.137. The summed E-state index contributed by atoms with van der Waals surface area (Å²) in [6, 6.07) is 0.292. The van der Waals surface area contributed by atoms with Gasteiger partial charge in [-0.1, -0.05) is 27.7 Å². The van der Waals surface area contributed by atoms with Crippen LogP contribution in [-0.2, 0) is 4.79 Å². The zero-order chi connectivity index (χ0) is 12.9. The van der Waals surface area contributed by atoms with Crippen molar-refractivity contribution in [2.45, 2.75) is 47.1 Å². The Morgan fingerprint density at radius 3 is 2.00 bits per heavy atom. The lowest BCUT2D eigenvalue weighted by Crippen LogP contribution is -2.43. The Bertz CT molecular complexity index is 214. The van der Waals surface area contributed by atoms with Gasteiger partial charge in [-0.15, -0.1) is 0 Å². The maximum absolute atomic E-state index is 12.2. The molecule has 96 valence electrons. The second kappa shape index (κ2) is 6.89. The highest BCUT2D eigenvalue weighted by Gasteiger charge is 2.26. The van der Waals surface area contributed by atoms with E-state index in [2.05, 4.69) is 34.6 Å². The smallest absolute Gasteiger partial charge is 0.227 e. The van der Waals surface area contributed by atoms with E-state index in [-0.39, 0.29) is 11.8 Å². The van der Waals surface area contributed by atoms with E-state index in [1.54, 1.807) is 0 Å². The first kappa shape index (κ1) is 15.4. The minimum Gasteiger partial charge on any atom is -0.343 e. The van der Waals surface area contributed by atoms with Crippen molar-refractivity contribution in [3.63, 3.8) is 0 Å². The SMILES string of the molecule is CC(C)CC(C)N(C)C(=O)C(CN)C(C)C. The predicted octanol–water partition coefficient (Wildman–Crippen LogP) is 2.11. The molecular formula is C13H28N2O. The number of carbonyl (C=O) groups is 1. The first-order valence-corrected chi connectivity index (χ1v) is 6.27. The quantitative estimate of drug-likeness (QED) is 0.757. The Labute approximate surface area is 100 Å². The third-order valence-electron chi connectivity index (χ3n) is 3.20. The van der Waals surface area contributed by atoms with Crippen molar-refractivity contribution in [3.8, 4) is 0 Å². The van der Waals surface area contributed by atoms with Gasteiger partial charge in [0, 0.05) is 19.6 Å². The highest BCUT2D eigenvalue weighted by Crippen LogP contribution is 2.16. The van der Waals surface area contributed by atoms with Crippen LogP contribution in [-0.4, -0.2) is 30.4 Å². The standard InChI is InChI=1S/C13H28N2O/c1-9(2)7-11(5)15(6)13(16)12(8-14)10(3)4/h9-12H,7-8,14H2,1-6H3. The highest BCUT2D eigenvalue weighted by molar-refractivity contribution is 5.79. The second-order valence-corrected chi connectivity index (χ2v) is 5.51. The van der Waals surface area contributed by atoms with E-state index in [0.717, 1.165) is 6.42 Å². The molecule has 2 atom stereocenters. The minimum atomic E-state index is -0.0420. The lowest BCUT2D eigenvalue weighted by Gasteiger charge is -2.31. The van der Waals surface area contributed by atoms with Crippen LogP contribution in [0.1, 0.15) is 41.0 Å². The van der Waals surface area contributed by atoms with Crippen LogP contribution in [0, 0.1) is 17.8 Å². The summed E-state index contributed by atoms with van der Waals surface area (Å²) in [4.78, 5) is 14.0. The van der Waals surface area contributed by atoms with E-state index in [4.69, 9.17) is 5.73 Å². The molecule has 0 spiro atoms. The molecule has 0 aromatic carbocycles. The van der Waals surface area contributed by atoms with E-state index >= 15 is 0 Å². The predicted molar refractivity (Wildman–Crippen MR) is 69.1 cm³/mol. The molecule has 16 heavy (non-hydrogen) atoms. The summed E-state index contributed by atoms with van der Waals surface area (Å²) < 4.78 is 0. The van der Waals surface area contributed by atoms with Gasteiger partial charge in [-0.2, -0.15) is 0 Å². The van der Waals surface area contributed by atoms with Crippen molar-refractivity contribution in [1.29, 1.82) is 0 Å². The molecule has 0 radical (unpaired) electrons. The molecule has 0 aliphatic carbocycles. The molecule has 2 unspecified atom stereocenters. The molecule has 3 nitrogen and oxygen atoms in total. The van der Waals surface area contributed by atoms with Crippen LogP contribution in [0.4, 0.5) is 0 Å². The van der Waals surface area contributed by atoms with Crippen molar-refractivity contribution in [3.05, 3.63) is 0 Å². The van der Waals surface area contributed by atoms with Crippen LogP contribution < -0.4 is 5.73 Å². The van der Waals surface area contributed by atoms with Crippen LogP contribution in [0.15, 0.2) is 0 Å². The van der Waals surface area contributed by atoms with Gasteiger partial charge in [-0.3, -0.25) is 4.79 Å². The number of amides is 1. The molecular weight excluding hydrogens is 200 g/mol. The zero-order valence-corrected chi connectivity index (χ0v) is 11.7. The number of rotatable bonds is 6. The molecule has 0 saturated carbocycles. The number of hydrogen-bond acceptors (Lipinski definition) is 2. The largest absolute Gasteiger partial charge is 0.343 e. The van der Waals surface area contributed by atoms with Gasteiger partial charge >= 0.3 is 0 Å². The van der Waals surface area contributed by atoms with Gasteiger partial charge in [0.15, 0.2) is 0 Å². The van der Waals surface area contributed by atoms with Gasteiger partial charge in [0.25, 0.3) is 0 Å². The summed E-state index contributed by atoms with van der Waals surface area (Å²) in [5.74, 6) is 1.07. The molecule has 2 N–H and O–H groups in total. The fourth-order valence-electron chi connectivity index (χ4n) is 1.98. The third kappa shape index (κ3) is 4.52. The molecule has 3 heteroatoms.